The minimum atomic E-state index is -0.753. The van der Waals surface area contributed by atoms with Crippen LogP contribution in [0.2, 0.25) is 0 Å². The zero-order valence-corrected chi connectivity index (χ0v) is 20.8. The van der Waals surface area contributed by atoms with E-state index in [1.54, 1.807) is 65.8 Å². The summed E-state index contributed by atoms with van der Waals surface area (Å²) in [5.41, 5.74) is 1.24. The number of halogens is 1. The van der Waals surface area contributed by atoms with E-state index in [0.29, 0.717) is 28.2 Å². The Morgan fingerprint density at radius 1 is 0.686 bits per heavy atom. The van der Waals surface area contributed by atoms with Gasteiger partial charge in [0.1, 0.15) is 17.0 Å². The third-order valence-corrected chi connectivity index (χ3v) is 5.15. The zero-order valence-electron chi connectivity index (χ0n) is 20.8. The van der Waals surface area contributed by atoms with Crippen LogP contribution in [0.15, 0.2) is 66.7 Å². The molecule has 0 radical (unpaired) electrons. The Kier molecular flexibility index (Phi) is 6.05. The smallest absolute Gasteiger partial charge is 0.419 e. The molecule has 0 aliphatic rings. The first-order chi connectivity index (χ1) is 16.3. The molecule has 4 aromatic rings. The zero-order chi connectivity index (χ0) is 25.5. The van der Waals surface area contributed by atoms with E-state index in [1.165, 1.54) is 21.3 Å². The van der Waals surface area contributed by atoms with E-state index in [1.807, 2.05) is 30.3 Å². The number of benzene rings is 2. The lowest BCUT2D eigenvalue weighted by molar-refractivity contribution is 0.0525. The van der Waals surface area contributed by atoms with Gasteiger partial charge >= 0.3 is 12.2 Å². The summed E-state index contributed by atoms with van der Waals surface area (Å²) in [5, 5.41) is 0.814. The van der Waals surface area contributed by atoms with E-state index < -0.39 is 23.4 Å². The second-order valence-electron chi connectivity index (χ2n) is 10.3. The number of carbonyl (C=O) groups excluding carboxylic acids is 2. The molecule has 0 saturated carbocycles. The quantitative estimate of drug-likeness (QED) is 0.301. The van der Waals surface area contributed by atoms with Gasteiger partial charge in [-0.2, -0.15) is 0 Å². The number of aromatic nitrogens is 2. The first-order valence-electron chi connectivity index (χ1n) is 11.4. The number of rotatable bonds is 2. The Balaban J connectivity index is 1.97. The Morgan fingerprint density at radius 3 is 1.83 bits per heavy atom. The average Bonchev–Trinajstić information content (AvgIpc) is 3.33. The van der Waals surface area contributed by atoms with Gasteiger partial charge in [0, 0.05) is 5.39 Å². The number of nitrogens with zero attached hydrogens (tertiary/aromatic N) is 2. The molecule has 0 N–H and O–H groups in total. The molecular formula is C28H29FN2O4. The topological polar surface area (TPSA) is 62.5 Å². The van der Waals surface area contributed by atoms with Crippen LogP contribution in [0.25, 0.3) is 33.5 Å². The molecule has 0 unspecified atom stereocenters. The number of para-hydroxylation sites is 1. The highest BCUT2D eigenvalue weighted by molar-refractivity contribution is 5.97. The van der Waals surface area contributed by atoms with Gasteiger partial charge in [0.15, 0.2) is 0 Å². The monoisotopic (exact) mass is 476 g/mol. The molecule has 4 rings (SSSR count). The molecule has 2 aromatic heterocycles. The summed E-state index contributed by atoms with van der Waals surface area (Å²) in [6.07, 6.45) is -1.17. The molecule has 6 nitrogen and oxygen atoms in total. The van der Waals surface area contributed by atoms with Gasteiger partial charge in [0.05, 0.1) is 22.6 Å². The average molecular weight is 477 g/mol. The van der Waals surface area contributed by atoms with E-state index in [-0.39, 0.29) is 5.82 Å². The number of hydrogen-bond donors (Lipinski definition) is 0. The maximum Gasteiger partial charge on any atom is 0.419 e. The molecule has 0 atom stereocenters. The van der Waals surface area contributed by atoms with Crippen molar-refractivity contribution in [1.82, 2.24) is 9.13 Å². The minimum Gasteiger partial charge on any atom is -0.443 e. The largest absolute Gasteiger partial charge is 0.443 e. The molecule has 2 aromatic carbocycles. The molecule has 7 heteroatoms. The van der Waals surface area contributed by atoms with Gasteiger partial charge in [-0.05, 0) is 95.6 Å². The SMILES string of the molecule is CC(C)(C)OC(=O)n1c(-c2ccc(F)cc2)ccc1-c1cc2ccccc2n1C(=O)OC(C)(C)C. The lowest BCUT2D eigenvalue weighted by Crippen LogP contribution is -2.29. The van der Waals surface area contributed by atoms with Crippen LogP contribution in [0.1, 0.15) is 41.5 Å². The van der Waals surface area contributed by atoms with E-state index in [9.17, 15) is 14.0 Å². The Morgan fingerprint density at radius 2 is 1.23 bits per heavy atom. The molecule has 0 amide bonds. The summed E-state index contributed by atoms with van der Waals surface area (Å²) in [4.78, 5) is 26.8. The van der Waals surface area contributed by atoms with Crippen LogP contribution in [0.5, 0.6) is 0 Å². The first kappa shape index (κ1) is 24.3. The molecule has 35 heavy (non-hydrogen) atoms. The van der Waals surface area contributed by atoms with E-state index in [2.05, 4.69) is 0 Å². The minimum absolute atomic E-state index is 0.380. The van der Waals surface area contributed by atoms with E-state index in [0.717, 1.165) is 5.39 Å². The predicted molar refractivity (Wildman–Crippen MR) is 134 cm³/mol. The van der Waals surface area contributed by atoms with Crippen molar-refractivity contribution in [3.05, 3.63) is 72.5 Å². The third-order valence-electron chi connectivity index (χ3n) is 5.15. The summed E-state index contributed by atoms with van der Waals surface area (Å²) in [6.45, 7) is 10.7. The molecule has 0 fully saturated rings. The van der Waals surface area contributed by atoms with Gasteiger partial charge in [0.25, 0.3) is 0 Å². The van der Waals surface area contributed by atoms with Crippen molar-refractivity contribution in [3.8, 4) is 22.6 Å². The molecule has 182 valence electrons. The summed E-state index contributed by atoms with van der Waals surface area (Å²) in [5.74, 6) is -0.380. The third kappa shape index (κ3) is 5.14. The van der Waals surface area contributed by atoms with Crippen LogP contribution < -0.4 is 0 Å². The van der Waals surface area contributed by atoms with Gasteiger partial charge in [0.2, 0.25) is 0 Å². The van der Waals surface area contributed by atoms with Crippen LogP contribution in [-0.2, 0) is 9.47 Å². The second kappa shape index (κ2) is 8.73. The molecule has 0 aliphatic carbocycles. The lowest BCUT2D eigenvalue weighted by Gasteiger charge is -2.23. The predicted octanol–water partition coefficient (Wildman–Crippen LogP) is 7.48. The normalized spacial score (nSPS) is 12.1. The summed E-state index contributed by atoms with van der Waals surface area (Å²) < 4.78 is 27.9. The van der Waals surface area contributed by atoms with Crippen LogP contribution >= 0.6 is 0 Å². The lowest BCUT2D eigenvalue weighted by atomic mass is 10.1. The Hall–Kier alpha value is -3.87. The van der Waals surface area contributed by atoms with Crippen LogP contribution in [-0.4, -0.2) is 32.5 Å². The Labute approximate surface area is 203 Å². The standard InChI is InChI=1S/C28H29FN2O4/c1-27(2,3)34-25(32)30-22(18-11-13-20(29)14-12-18)15-16-23(30)24-17-19-9-7-8-10-21(19)31(24)26(33)35-28(4,5)6/h7-17H,1-6H3. The van der Waals surface area contributed by atoms with Crippen LogP contribution in [0, 0.1) is 5.82 Å². The van der Waals surface area contributed by atoms with Gasteiger partial charge < -0.3 is 9.47 Å². The Bertz CT molecular complexity index is 1400. The van der Waals surface area contributed by atoms with Gasteiger partial charge in [-0.15, -0.1) is 0 Å². The number of fused-ring (bicyclic) bond motifs is 1. The summed E-state index contributed by atoms with van der Waals surface area (Å²) in [7, 11) is 0. The summed E-state index contributed by atoms with van der Waals surface area (Å²) in [6, 6.07) is 18.6. The molecule has 0 saturated heterocycles. The molecule has 0 spiro atoms. The van der Waals surface area contributed by atoms with Crippen LogP contribution in [0.4, 0.5) is 14.0 Å². The molecule has 0 aliphatic heterocycles. The van der Waals surface area contributed by atoms with E-state index in [4.69, 9.17) is 9.47 Å². The fourth-order valence-corrected chi connectivity index (χ4v) is 3.83. The van der Waals surface area contributed by atoms with Crippen molar-refractivity contribution in [2.45, 2.75) is 52.7 Å². The van der Waals surface area contributed by atoms with Crippen molar-refractivity contribution < 1.29 is 23.5 Å². The summed E-state index contributed by atoms with van der Waals surface area (Å²) >= 11 is 0. The van der Waals surface area contributed by atoms with Crippen molar-refractivity contribution >= 4 is 23.1 Å². The van der Waals surface area contributed by atoms with Gasteiger partial charge in [-0.25, -0.2) is 23.1 Å². The second-order valence-corrected chi connectivity index (χ2v) is 10.3. The highest BCUT2D eigenvalue weighted by Crippen LogP contribution is 2.34. The highest BCUT2D eigenvalue weighted by Gasteiger charge is 2.28. The highest BCUT2D eigenvalue weighted by atomic mass is 19.1. The molecule has 0 bridgehead atoms. The van der Waals surface area contributed by atoms with Crippen molar-refractivity contribution in [3.63, 3.8) is 0 Å². The number of hydrogen-bond acceptors (Lipinski definition) is 4. The van der Waals surface area contributed by atoms with Crippen LogP contribution in [0.3, 0.4) is 0 Å². The fraction of sp³-hybridized carbons (Fsp3) is 0.286. The maximum absolute atomic E-state index is 13.6. The molecular weight excluding hydrogens is 447 g/mol. The van der Waals surface area contributed by atoms with Gasteiger partial charge in [-0.3, -0.25) is 0 Å². The van der Waals surface area contributed by atoms with Crippen molar-refractivity contribution in [2.24, 2.45) is 0 Å². The number of ether oxygens (including phenoxy) is 2. The molecule has 2 heterocycles. The number of carbonyl (C=O) groups is 2. The van der Waals surface area contributed by atoms with Crippen molar-refractivity contribution in [1.29, 1.82) is 0 Å². The van der Waals surface area contributed by atoms with E-state index >= 15 is 0 Å². The van der Waals surface area contributed by atoms with Gasteiger partial charge in [-0.1, -0.05) is 18.2 Å². The van der Waals surface area contributed by atoms with Crippen molar-refractivity contribution in [2.75, 3.05) is 0 Å². The maximum atomic E-state index is 13.6. The first-order valence-corrected chi connectivity index (χ1v) is 11.4. The fourth-order valence-electron chi connectivity index (χ4n) is 3.83.